The van der Waals surface area contributed by atoms with E-state index in [9.17, 15) is 23.2 Å². The second kappa shape index (κ2) is 16.9. The van der Waals surface area contributed by atoms with Crippen molar-refractivity contribution in [2.75, 3.05) is 6.61 Å². The van der Waals surface area contributed by atoms with E-state index in [1.165, 1.54) is 0 Å². The molecule has 6 nitrogen and oxygen atoms in total. The second-order valence-corrected chi connectivity index (χ2v) is 11.3. The number of unbranched alkanes of at least 4 members (excludes halogenated alkanes) is 4. The van der Waals surface area contributed by atoms with Crippen molar-refractivity contribution in [1.29, 1.82) is 0 Å². The van der Waals surface area contributed by atoms with Crippen LogP contribution in [-0.4, -0.2) is 42.5 Å². The van der Waals surface area contributed by atoms with Crippen molar-refractivity contribution >= 4 is 17.5 Å². The number of alkyl halides is 2. The highest BCUT2D eigenvalue weighted by Crippen LogP contribution is 2.40. The van der Waals surface area contributed by atoms with Crippen LogP contribution < -0.4 is 0 Å². The van der Waals surface area contributed by atoms with E-state index in [2.05, 4.69) is 0 Å². The van der Waals surface area contributed by atoms with Crippen molar-refractivity contribution < 1.29 is 37.4 Å². The van der Waals surface area contributed by atoms with E-state index >= 15 is 0 Å². The summed E-state index contributed by atoms with van der Waals surface area (Å²) in [5.74, 6) is -5.07. The van der Waals surface area contributed by atoms with Gasteiger partial charge in [-0.3, -0.25) is 14.4 Å². The summed E-state index contributed by atoms with van der Waals surface area (Å²) in [7, 11) is 0. The molecular formula is C32H46F2O6. The van der Waals surface area contributed by atoms with Crippen LogP contribution in [0.25, 0.3) is 0 Å². The molecule has 8 heteroatoms. The number of ether oxygens (including phenoxy) is 3. The van der Waals surface area contributed by atoms with Crippen LogP contribution in [0, 0.1) is 11.8 Å². The highest BCUT2D eigenvalue weighted by Gasteiger charge is 2.45. The maximum absolute atomic E-state index is 14.3. The van der Waals surface area contributed by atoms with Gasteiger partial charge in [0.2, 0.25) is 5.78 Å². The summed E-state index contributed by atoms with van der Waals surface area (Å²) < 4.78 is 45.9. The third-order valence-electron chi connectivity index (χ3n) is 8.12. The van der Waals surface area contributed by atoms with Gasteiger partial charge in [0, 0.05) is 38.2 Å². The Morgan fingerprint density at radius 3 is 2.50 bits per heavy atom. The number of carbonyl (C=O) groups excluding carboxylic acids is 3. The molecule has 40 heavy (non-hydrogen) atoms. The minimum atomic E-state index is -3.32. The van der Waals surface area contributed by atoms with Gasteiger partial charge in [-0.2, -0.15) is 8.78 Å². The number of hydrogen-bond donors (Lipinski definition) is 0. The van der Waals surface area contributed by atoms with Gasteiger partial charge in [0.05, 0.1) is 6.10 Å². The van der Waals surface area contributed by atoms with E-state index in [1.807, 2.05) is 37.3 Å². The predicted molar refractivity (Wildman–Crippen MR) is 148 cm³/mol. The van der Waals surface area contributed by atoms with Crippen molar-refractivity contribution in [2.24, 2.45) is 11.8 Å². The Morgan fingerprint density at radius 1 is 1.00 bits per heavy atom. The van der Waals surface area contributed by atoms with Crippen LogP contribution in [-0.2, 0) is 35.2 Å². The number of hydrogen-bond acceptors (Lipinski definition) is 6. The fourth-order valence-corrected chi connectivity index (χ4v) is 5.74. The zero-order chi connectivity index (χ0) is 28.8. The van der Waals surface area contributed by atoms with Gasteiger partial charge in [0.1, 0.15) is 12.4 Å². The molecule has 0 bridgehead atoms. The molecule has 3 unspecified atom stereocenters. The summed E-state index contributed by atoms with van der Waals surface area (Å²) in [6, 6.07) is 9.55. The van der Waals surface area contributed by atoms with Gasteiger partial charge in [-0.25, -0.2) is 0 Å². The molecule has 1 saturated carbocycles. The van der Waals surface area contributed by atoms with Gasteiger partial charge in [-0.05, 0) is 56.4 Å². The molecule has 0 spiro atoms. The molecule has 1 heterocycles. The summed E-state index contributed by atoms with van der Waals surface area (Å²) >= 11 is 0. The fourth-order valence-electron chi connectivity index (χ4n) is 5.74. The van der Waals surface area contributed by atoms with E-state index in [0.29, 0.717) is 38.7 Å². The minimum Gasteiger partial charge on any atom is -0.461 e. The number of Topliss-reactive ketones (excluding diaryl/α,β-unsaturated/α-hetero) is 2. The Kier molecular flexibility index (Phi) is 13.7. The number of ketones is 2. The lowest BCUT2D eigenvalue weighted by molar-refractivity contribution is -0.196. The van der Waals surface area contributed by atoms with Gasteiger partial charge in [0.15, 0.2) is 6.29 Å². The first-order chi connectivity index (χ1) is 19.3. The first-order valence-electron chi connectivity index (χ1n) is 15.2. The van der Waals surface area contributed by atoms with Crippen LogP contribution in [0.5, 0.6) is 0 Å². The highest BCUT2D eigenvalue weighted by molar-refractivity contribution is 5.86. The van der Waals surface area contributed by atoms with Crippen LogP contribution in [0.3, 0.4) is 0 Å². The van der Waals surface area contributed by atoms with Crippen molar-refractivity contribution in [3.63, 3.8) is 0 Å². The van der Waals surface area contributed by atoms with E-state index in [4.69, 9.17) is 14.2 Å². The Morgan fingerprint density at radius 2 is 1.77 bits per heavy atom. The molecule has 1 aliphatic carbocycles. The van der Waals surface area contributed by atoms with E-state index < -0.39 is 24.2 Å². The minimum absolute atomic E-state index is 0.0838. The molecule has 0 N–H and O–H groups in total. The summed E-state index contributed by atoms with van der Waals surface area (Å²) in [6.07, 6.45) is 6.81. The quantitative estimate of drug-likeness (QED) is 0.137. The lowest BCUT2D eigenvalue weighted by atomic mass is 9.84. The normalized spacial score (nSPS) is 23.3. The van der Waals surface area contributed by atoms with E-state index in [0.717, 1.165) is 44.1 Å². The molecule has 2 fully saturated rings. The number of carbonyl (C=O) groups is 3. The van der Waals surface area contributed by atoms with Crippen LogP contribution >= 0.6 is 0 Å². The zero-order valence-corrected chi connectivity index (χ0v) is 23.9. The largest absolute Gasteiger partial charge is 0.461 e. The zero-order valence-electron chi connectivity index (χ0n) is 23.9. The number of benzene rings is 1. The third-order valence-corrected chi connectivity index (χ3v) is 8.12. The summed E-state index contributed by atoms with van der Waals surface area (Å²) in [6.45, 7) is 2.70. The highest BCUT2D eigenvalue weighted by atomic mass is 19.3. The van der Waals surface area contributed by atoms with Crippen LogP contribution in [0.4, 0.5) is 8.78 Å². The second-order valence-electron chi connectivity index (χ2n) is 11.3. The summed E-state index contributed by atoms with van der Waals surface area (Å²) in [5, 5.41) is 0. The van der Waals surface area contributed by atoms with Gasteiger partial charge < -0.3 is 14.2 Å². The number of rotatable bonds is 18. The van der Waals surface area contributed by atoms with Gasteiger partial charge in [0.25, 0.3) is 0 Å². The molecule has 4 atom stereocenters. The standard InChI is InChI=1S/C32H46F2O6/c1-2-3-20-32(33,34)29(36)19-18-26-25(27(35)22-28(26)40-31-17-11-12-21-38-31)15-9-4-5-10-16-30(37)39-23-24-13-7-6-8-14-24/h6-8,13-14,25-26,28,31H,2-5,9-12,15-23H2,1H3/t25?,26-,28?,31?/m1/s1. The molecule has 224 valence electrons. The van der Waals surface area contributed by atoms with Gasteiger partial charge in [-0.1, -0.05) is 62.9 Å². The van der Waals surface area contributed by atoms with Crippen molar-refractivity contribution in [3.05, 3.63) is 35.9 Å². The fraction of sp³-hybridized carbons (Fsp3) is 0.719. The molecule has 1 saturated heterocycles. The van der Waals surface area contributed by atoms with Gasteiger partial charge >= 0.3 is 11.9 Å². The summed E-state index contributed by atoms with van der Waals surface area (Å²) in [5.41, 5.74) is 0.954. The Balaban J connectivity index is 1.45. The molecule has 2 aliphatic rings. The lowest BCUT2D eigenvalue weighted by Gasteiger charge is -2.30. The van der Waals surface area contributed by atoms with E-state index in [-0.39, 0.29) is 55.7 Å². The molecule has 1 aliphatic heterocycles. The molecule has 0 amide bonds. The predicted octanol–water partition coefficient (Wildman–Crippen LogP) is 7.36. The first kappa shape index (κ1) is 32.3. The third kappa shape index (κ3) is 10.7. The Labute approximate surface area is 237 Å². The topological polar surface area (TPSA) is 78.9 Å². The van der Waals surface area contributed by atoms with Crippen LogP contribution in [0.2, 0.25) is 0 Å². The SMILES string of the molecule is CCCCC(F)(F)C(=O)CC[C@H]1C(OC2CCCCO2)CC(=O)C1CCCCCCC(=O)OCc1ccccc1. The maximum Gasteiger partial charge on any atom is 0.306 e. The molecule has 0 aromatic heterocycles. The number of esters is 1. The average Bonchev–Trinajstić information content (AvgIpc) is 3.25. The number of halogens is 2. The van der Waals surface area contributed by atoms with Crippen molar-refractivity contribution in [1.82, 2.24) is 0 Å². The van der Waals surface area contributed by atoms with E-state index in [1.54, 1.807) is 0 Å². The Hall–Kier alpha value is -2.19. The first-order valence-corrected chi connectivity index (χ1v) is 15.2. The van der Waals surface area contributed by atoms with Crippen molar-refractivity contribution in [2.45, 2.75) is 128 Å². The molecule has 3 rings (SSSR count). The molecule has 0 radical (unpaired) electrons. The average molecular weight is 565 g/mol. The molecule has 1 aromatic rings. The maximum atomic E-state index is 14.3. The Bertz CT molecular complexity index is 915. The molecule has 1 aromatic carbocycles. The molecular weight excluding hydrogens is 518 g/mol. The van der Waals surface area contributed by atoms with Crippen LogP contribution in [0.1, 0.15) is 109 Å². The monoisotopic (exact) mass is 564 g/mol. The summed E-state index contributed by atoms with van der Waals surface area (Å²) in [4.78, 5) is 37.4. The smallest absolute Gasteiger partial charge is 0.306 e. The van der Waals surface area contributed by atoms with Crippen LogP contribution in [0.15, 0.2) is 30.3 Å². The lowest BCUT2D eigenvalue weighted by Crippen LogP contribution is -2.33. The van der Waals surface area contributed by atoms with Gasteiger partial charge in [-0.15, -0.1) is 0 Å². The van der Waals surface area contributed by atoms with Crippen molar-refractivity contribution in [3.8, 4) is 0 Å².